The van der Waals surface area contributed by atoms with Crippen LogP contribution in [0.3, 0.4) is 0 Å². The third-order valence-corrected chi connectivity index (χ3v) is 6.50. The Morgan fingerprint density at radius 1 is 1.09 bits per heavy atom. The van der Waals surface area contributed by atoms with E-state index >= 15 is 0 Å². The Morgan fingerprint density at radius 2 is 1.74 bits per heavy atom. The van der Waals surface area contributed by atoms with E-state index in [1.807, 2.05) is 10.3 Å². The van der Waals surface area contributed by atoms with E-state index in [-0.39, 0.29) is 18.2 Å². The molecule has 1 aromatic heterocycles. The monoisotopic (exact) mass is 478 g/mol. The van der Waals surface area contributed by atoms with Gasteiger partial charge in [-0.3, -0.25) is 5.10 Å². The van der Waals surface area contributed by atoms with Crippen molar-refractivity contribution >= 4 is 28.6 Å². The molecule has 0 unspecified atom stereocenters. The molecule has 1 atom stereocenters. The van der Waals surface area contributed by atoms with Crippen molar-refractivity contribution in [1.29, 1.82) is 0 Å². The zero-order valence-corrected chi connectivity index (χ0v) is 19.2. The predicted molar refractivity (Wildman–Crippen MR) is 127 cm³/mol. The molecule has 6 nitrogen and oxygen atoms in total. The highest BCUT2D eigenvalue weighted by Gasteiger charge is 2.42. The summed E-state index contributed by atoms with van der Waals surface area (Å²) in [6.07, 6.45) is 1.66. The third kappa shape index (κ3) is 3.81. The number of carbonyl (C=O) groups excluding carboxylic acids is 1. The molecule has 34 heavy (non-hydrogen) atoms. The third-order valence-electron chi connectivity index (χ3n) is 5.66. The Kier molecular flexibility index (Phi) is 5.79. The quantitative estimate of drug-likeness (QED) is 0.480. The van der Waals surface area contributed by atoms with Crippen molar-refractivity contribution in [3.8, 4) is 11.3 Å². The van der Waals surface area contributed by atoms with Crippen LogP contribution in [0.4, 0.5) is 8.78 Å². The average molecular weight is 479 g/mol. The first kappa shape index (κ1) is 22.1. The minimum Gasteiger partial charge on any atom is -0.463 e. The van der Waals surface area contributed by atoms with Gasteiger partial charge in [-0.25, -0.2) is 18.6 Å². The van der Waals surface area contributed by atoms with Crippen LogP contribution in [0.15, 0.2) is 76.4 Å². The van der Waals surface area contributed by atoms with E-state index in [2.05, 4.69) is 15.2 Å². The number of nitrogens with one attached hydrogen (secondary N) is 1. The van der Waals surface area contributed by atoms with Gasteiger partial charge < -0.3 is 9.64 Å². The number of hydrogen-bond donors (Lipinski definition) is 1. The summed E-state index contributed by atoms with van der Waals surface area (Å²) in [6, 6.07) is 11.6. The summed E-state index contributed by atoms with van der Waals surface area (Å²) in [4.78, 5) is 19.8. The number of rotatable bonds is 5. The fourth-order valence-corrected chi connectivity index (χ4v) is 5.10. The van der Waals surface area contributed by atoms with Crippen LogP contribution in [-0.4, -0.2) is 32.8 Å². The number of aromatic nitrogens is 2. The van der Waals surface area contributed by atoms with Crippen LogP contribution in [0.25, 0.3) is 17.0 Å². The second kappa shape index (κ2) is 8.90. The molecular weight excluding hydrogens is 458 g/mol. The van der Waals surface area contributed by atoms with Gasteiger partial charge in [-0.15, -0.1) is 0 Å². The van der Waals surface area contributed by atoms with Crippen molar-refractivity contribution in [2.75, 3.05) is 6.61 Å². The first-order valence-corrected chi connectivity index (χ1v) is 11.5. The lowest BCUT2D eigenvalue weighted by atomic mass is 9.92. The molecule has 0 saturated heterocycles. The number of thioether (sulfide) groups is 1. The molecule has 172 valence electrons. The van der Waals surface area contributed by atoms with Gasteiger partial charge in [-0.1, -0.05) is 11.8 Å². The molecule has 0 spiro atoms. The van der Waals surface area contributed by atoms with Gasteiger partial charge in [0.2, 0.25) is 0 Å². The zero-order valence-electron chi connectivity index (χ0n) is 18.4. The molecule has 9 heteroatoms. The van der Waals surface area contributed by atoms with Crippen LogP contribution in [0.1, 0.15) is 31.0 Å². The summed E-state index contributed by atoms with van der Waals surface area (Å²) >= 11 is 1.42. The summed E-state index contributed by atoms with van der Waals surface area (Å²) in [7, 11) is 0. The molecule has 2 aliphatic heterocycles. The maximum atomic E-state index is 13.6. The highest BCUT2D eigenvalue weighted by molar-refractivity contribution is 8.16. The fraction of sp³-hybridized carbons (Fsp3) is 0.160. The maximum absolute atomic E-state index is 13.6. The number of amidine groups is 1. The van der Waals surface area contributed by atoms with Gasteiger partial charge in [0, 0.05) is 16.5 Å². The van der Waals surface area contributed by atoms with Crippen LogP contribution in [0.2, 0.25) is 0 Å². The molecule has 0 amide bonds. The summed E-state index contributed by atoms with van der Waals surface area (Å²) in [6.45, 7) is 3.74. The van der Waals surface area contributed by atoms with Crippen LogP contribution >= 0.6 is 11.8 Å². The SMILES string of the molecule is CCOC(=O)C1=C(C)N=C2SC=C(c3ccc(F)cc3)N2[C@H]1c1cn[nH]c1-c1ccc(F)cc1. The average Bonchev–Trinajstić information content (AvgIpc) is 3.47. The van der Waals surface area contributed by atoms with Gasteiger partial charge in [0.05, 0.1) is 41.5 Å². The highest BCUT2D eigenvalue weighted by atomic mass is 32.2. The number of esters is 1. The number of H-pyrrole nitrogens is 1. The first-order valence-electron chi connectivity index (χ1n) is 10.7. The molecule has 3 heterocycles. The van der Waals surface area contributed by atoms with E-state index < -0.39 is 12.0 Å². The van der Waals surface area contributed by atoms with Crippen LogP contribution in [0, 0.1) is 11.6 Å². The standard InChI is InChI=1S/C25H20F2N4O2S/c1-3-33-24(32)21-14(2)29-25-31(20(13-34-25)15-4-8-17(26)9-5-15)23(21)19-12-28-30-22(19)16-6-10-18(27)11-7-16/h4-13,23H,3H2,1-2H3,(H,28,30)/t23-/m0/s1. The largest absolute Gasteiger partial charge is 0.463 e. The number of aromatic amines is 1. The summed E-state index contributed by atoms with van der Waals surface area (Å²) in [5.74, 6) is -1.16. The lowest BCUT2D eigenvalue weighted by molar-refractivity contribution is -0.139. The molecule has 2 aromatic carbocycles. The van der Waals surface area contributed by atoms with Gasteiger partial charge in [0.1, 0.15) is 11.6 Å². The normalized spacial score (nSPS) is 17.4. The van der Waals surface area contributed by atoms with Gasteiger partial charge in [0.25, 0.3) is 0 Å². The van der Waals surface area contributed by atoms with Gasteiger partial charge in [-0.2, -0.15) is 5.10 Å². The Labute approximate surface area is 199 Å². The summed E-state index contributed by atoms with van der Waals surface area (Å²) in [5.41, 5.74) is 4.55. The Balaban J connectivity index is 1.68. The van der Waals surface area contributed by atoms with Crippen molar-refractivity contribution in [3.05, 3.63) is 94.2 Å². The van der Waals surface area contributed by atoms with E-state index in [1.54, 1.807) is 44.3 Å². The minimum absolute atomic E-state index is 0.213. The Hall–Kier alpha value is -3.72. The van der Waals surface area contributed by atoms with Gasteiger partial charge in [0.15, 0.2) is 5.17 Å². The number of allylic oxidation sites excluding steroid dienone is 1. The summed E-state index contributed by atoms with van der Waals surface area (Å²) in [5, 5.41) is 9.86. The lowest BCUT2D eigenvalue weighted by Crippen LogP contribution is -2.36. The van der Waals surface area contributed by atoms with Crippen molar-refractivity contribution < 1.29 is 18.3 Å². The molecule has 1 N–H and O–H groups in total. The lowest BCUT2D eigenvalue weighted by Gasteiger charge is -2.36. The molecular formula is C25H20F2N4O2S. The number of ether oxygens (including phenoxy) is 1. The zero-order chi connectivity index (χ0) is 23.8. The van der Waals surface area contributed by atoms with Crippen LogP contribution in [-0.2, 0) is 9.53 Å². The number of benzene rings is 2. The van der Waals surface area contributed by atoms with Crippen molar-refractivity contribution in [3.63, 3.8) is 0 Å². The Morgan fingerprint density at radius 3 is 2.38 bits per heavy atom. The molecule has 3 aromatic rings. The van der Waals surface area contributed by atoms with Crippen molar-refractivity contribution in [1.82, 2.24) is 15.1 Å². The number of nitrogens with zero attached hydrogens (tertiary/aromatic N) is 3. The van der Waals surface area contributed by atoms with E-state index in [0.717, 1.165) is 16.8 Å². The molecule has 0 bridgehead atoms. The molecule has 0 aliphatic carbocycles. The smallest absolute Gasteiger partial charge is 0.338 e. The molecule has 0 fully saturated rings. The van der Waals surface area contributed by atoms with Gasteiger partial charge in [-0.05, 0) is 67.9 Å². The highest BCUT2D eigenvalue weighted by Crippen LogP contribution is 2.48. The van der Waals surface area contributed by atoms with Crippen molar-refractivity contribution in [2.24, 2.45) is 4.99 Å². The molecule has 0 saturated carbocycles. The Bertz CT molecular complexity index is 1340. The number of halogens is 2. The fourth-order valence-electron chi connectivity index (χ4n) is 4.13. The van der Waals surface area contributed by atoms with E-state index in [4.69, 9.17) is 4.74 Å². The molecule has 2 aliphatic rings. The van der Waals surface area contributed by atoms with E-state index in [1.165, 1.54) is 36.0 Å². The van der Waals surface area contributed by atoms with Crippen LogP contribution < -0.4 is 0 Å². The number of fused-ring (bicyclic) bond motifs is 1. The number of hydrogen-bond acceptors (Lipinski definition) is 6. The van der Waals surface area contributed by atoms with E-state index in [9.17, 15) is 13.6 Å². The first-order chi connectivity index (χ1) is 16.5. The van der Waals surface area contributed by atoms with Gasteiger partial charge >= 0.3 is 5.97 Å². The predicted octanol–water partition coefficient (Wildman–Crippen LogP) is 5.65. The van der Waals surface area contributed by atoms with Crippen molar-refractivity contribution in [2.45, 2.75) is 19.9 Å². The number of aliphatic imine (C=N–C) groups is 1. The second-order valence-electron chi connectivity index (χ2n) is 7.72. The minimum atomic E-state index is -0.614. The molecule has 0 radical (unpaired) electrons. The topological polar surface area (TPSA) is 70.6 Å². The van der Waals surface area contributed by atoms with E-state index in [0.29, 0.717) is 27.7 Å². The maximum Gasteiger partial charge on any atom is 0.338 e. The summed E-state index contributed by atoms with van der Waals surface area (Å²) < 4.78 is 32.6. The van der Waals surface area contributed by atoms with Crippen LogP contribution in [0.5, 0.6) is 0 Å². The molecule has 5 rings (SSSR count). The second-order valence-corrected chi connectivity index (χ2v) is 8.56. The number of carbonyl (C=O) groups is 1.